The van der Waals surface area contributed by atoms with Crippen LogP contribution in [0.4, 0.5) is 4.39 Å². The van der Waals surface area contributed by atoms with Crippen LogP contribution in [0.25, 0.3) is 11.3 Å². The van der Waals surface area contributed by atoms with Gasteiger partial charge >= 0.3 is 59.1 Å². The van der Waals surface area contributed by atoms with Crippen LogP contribution in [-0.4, -0.2) is 26.4 Å². The summed E-state index contributed by atoms with van der Waals surface area (Å²) < 4.78 is 33.4. The zero-order valence-corrected chi connectivity index (χ0v) is 23.8. The Morgan fingerprint density at radius 3 is 2.61 bits per heavy atom. The molecule has 1 aromatic heterocycles. The number of rotatable bonds is 5. The molecule has 2 aromatic rings. The summed E-state index contributed by atoms with van der Waals surface area (Å²) in [5, 5.41) is 11.5. The predicted octanol–water partition coefficient (Wildman–Crippen LogP) is -3.46. The molecular weight excluding hydrogens is 468 g/mol. The van der Waals surface area contributed by atoms with Gasteiger partial charge in [0.2, 0.25) is 0 Å². The summed E-state index contributed by atoms with van der Waals surface area (Å²) in [7, 11) is -5.13. The average Bonchev–Trinajstić information content (AvgIpc) is 3.22. The van der Waals surface area contributed by atoms with E-state index in [-0.39, 0.29) is 82.8 Å². The van der Waals surface area contributed by atoms with Gasteiger partial charge in [-0.1, -0.05) is 12.1 Å². The van der Waals surface area contributed by atoms with Gasteiger partial charge in [0.05, 0.1) is 43.8 Å². The summed E-state index contributed by atoms with van der Waals surface area (Å²) in [4.78, 5) is 27.2. The number of halogens is 1. The van der Waals surface area contributed by atoms with Gasteiger partial charge in [0.15, 0.2) is 0 Å². The first-order valence-electron chi connectivity index (χ1n) is 10.9. The van der Waals surface area contributed by atoms with Crippen LogP contribution < -0.4 is 68.9 Å². The van der Waals surface area contributed by atoms with E-state index in [1.54, 1.807) is 18.6 Å². The molecule has 1 N–H and O–H groups in total. The number of imidazole rings is 1. The molecule has 11 heteroatoms. The molecule has 5 aliphatic rings. The molecule has 4 unspecified atom stereocenters. The number of hydrogen-bond donors (Lipinski definition) is 1. The Balaban J connectivity index is 0.00000130. The average molecular weight is 492 g/mol. The largest absolute Gasteiger partial charge is 1.00 e. The number of nitrogens with zero attached hydrogens (tertiary/aromatic N) is 2. The normalized spacial score (nSPS) is 34.2. The van der Waals surface area contributed by atoms with Crippen molar-refractivity contribution in [2.45, 2.75) is 62.7 Å². The van der Waals surface area contributed by atoms with E-state index < -0.39 is 24.9 Å². The molecule has 0 radical (unpaired) electrons. The zero-order chi connectivity index (χ0) is 21.6. The van der Waals surface area contributed by atoms with Crippen LogP contribution in [0.2, 0.25) is 0 Å². The second-order valence-electron chi connectivity index (χ2n) is 10.2. The second-order valence-corrected chi connectivity index (χ2v) is 11.3. The van der Waals surface area contributed by atoms with Crippen LogP contribution in [0, 0.1) is 23.1 Å². The third-order valence-electron chi connectivity index (χ3n) is 8.18. The van der Waals surface area contributed by atoms with Gasteiger partial charge in [-0.05, 0) is 68.3 Å². The third-order valence-corrected chi connectivity index (χ3v) is 8.79. The Hall–Kier alpha value is 0.430. The molecule has 4 aliphatic carbocycles. The van der Waals surface area contributed by atoms with Crippen LogP contribution in [0.15, 0.2) is 30.7 Å². The summed E-state index contributed by atoms with van der Waals surface area (Å²) in [6.45, 7) is 0. The van der Waals surface area contributed by atoms with E-state index in [9.17, 15) is 23.8 Å². The smallest absolute Gasteiger partial charge is 0.790 e. The Bertz CT molecular complexity index is 1090. The molecule has 0 saturated heterocycles. The molecule has 166 valence electrons. The monoisotopic (exact) mass is 492 g/mol. The Labute approximate surface area is 236 Å². The molecule has 4 bridgehead atoms. The molecule has 7 rings (SSSR count). The van der Waals surface area contributed by atoms with E-state index in [2.05, 4.69) is 4.98 Å². The Morgan fingerprint density at radius 1 is 1.24 bits per heavy atom. The molecule has 7 nitrogen and oxygen atoms in total. The molecule has 1 aromatic carbocycles. The van der Waals surface area contributed by atoms with Gasteiger partial charge in [-0.2, -0.15) is 0 Å². The van der Waals surface area contributed by atoms with E-state index in [1.807, 2.05) is 10.6 Å². The number of aromatic nitrogens is 2. The molecule has 4 saturated carbocycles. The minimum atomic E-state index is -5.13. The number of phosphoric ester groups is 1. The van der Waals surface area contributed by atoms with Crippen LogP contribution in [0.5, 0.6) is 0 Å². The number of fused-ring (bicyclic) bond motifs is 3. The number of phosphoric acid groups is 1. The maximum absolute atomic E-state index is 14.8. The zero-order valence-electron chi connectivity index (χ0n) is 18.9. The molecule has 2 heterocycles. The fourth-order valence-electron chi connectivity index (χ4n) is 7.67. The molecule has 0 amide bonds. The number of aliphatic hydroxyl groups excluding tert-OH is 1. The van der Waals surface area contributed by atoms with Gasteiger partial charge in [-0.25, -0.2) is 9.37 Å². The van der Waals surface area contributed by atoms with Crippen LogP contribution in [-0.2, 0) is 9.09 Å². The van der Waals surface area contributed by atoms with Crippen LogP contribution >= 0.6 is 7.82 Å². The molecule has 33 heavy (non-hydrogen) atoms. The van der Waals surface area contributed by atoms with Gasteiger partial charge in [0.25, 0.3) is 0 Å². The van der Waals surface area contributed by atoms with Crippen molar-refractivity contribution < 1.29 is 87.5 Å². The second kappa shape index (κ2) is 9.07. The van der Waals surface area contributed by atoms with Crippen LogP contribution in [0.1, 0.15) is 56.6 Å². The summed E-state index contributed by atoms with van der Waals surface area (Å²) in [6, 6.07) is 4.60. The van der Waals surface area contributed by atoms with Gasteiger partial charge in [-0.3, -0.25) is 0 Å². The summed E-state index contributed by atoms with van der Waals surface area (Å²) in [5.74, 6) is 0.167. The maximum atomic E-state index is 14.8. The van der Waals surface area contributed by atoms with E-state index in [0.29, 0.717) is 31.2 Å². The van der Waals surface area contributed by atoms with Crippen molar-refractivity contribution in [3.63, 3.8) is 0 Å². The van der Waals surface area contributed by atoms with E-state index in [1.165, 1.54) is 6.07 Å². The van der Waals surface area contributed by atoms with Crippen molar-refractivity contribution in [1.82, 2.24) is 9.55 Å². The SMILES string of the molecule is O=P([O-])([O-])OC12CC3CC(C1)CC(C(O)CC1c4c(F)cccc4-c4cncn41)(C3)C2.[Na+].[Na+]. The Kier molecular flexibility index (Phi) is 7.28. The van der Waals surface area contributed by atoms with Gasteiger partial charge in [0.1, 0.15) is 5.82 Å². The summed E-state index contributed by atoms with van der Waals surface area (Å²) >= 11 is 0. The van der Waals surface area contributed by atoms with E-state index in [0.717, 1.165) is 30.5 Å². The van der Waals surface area contributed by atoms with E-state index in [4.69, 9.17) is 4.52 Å². The van der Waals surface area contributed by atoms with Crippen molar-refractivity contribution in [3.8, 4) is 11.3 Å². The van der Waals surface area contributed by atoms with Gasteiger partial charge < -0.3 is 28.5 Å². The number of hydrogen-bond acceptors (Lipinski definition) is 6. The fourth-order valence-corrected chi connectivity index (χ4v) is 8.36. The third kappa shape index (κ3) is 4.42. The quantitative estimate of drug-likeness (QED) is 0.343. The number of aliphatic hydroxyl groups is 1. The van der Waals surface area contributed by atoms with Crippen molar-refractivity contribution in [2.75, 3.05) is 0 Å². The van der Waals surface area contributed by atoms with Crippen molar-refractivity contribution in [2.24, 2.45) is 17.3 Å². The standard InChI is InChI=1S/C22H26FN2O5P.2Na/c23-16-3-1-2-15-18-10-24-12-25(18)17(20(15)16)5-19(26)21-6-13-4-14(7-21)9-22(8-13,11-21)30-31(27,28)29;;/h1-3,10,12-14,17,19,26H,4-9,11H2,(H2,27,28,29);;/q;2*+1/p-2. The molecule has 1 aliphatic heterocycles. The topological polar surface area (TPSA) is 110 Å². The fraction of sp³-hybridized carbons (Fsp3) is 0.591. The molecular formula is C22H24FN2Na2O5P. The summed E-state index contributed by atoms with van der Waals surface area (Å²) in [6.07, 6.45) is 6.92. The molecule has 0 spiro atoms. The maximum Gasteiger partial charge on any atom is 1.00 e. The minimum absolute atomic E-state index is 0. The minimum Gasteiger partial charge on any atom is -0.790 e. The first-order valence-corrected chi connectivity index (χ1v) is 12.3. The van der Waals surface area contributed by atoms with Gasteiger partial charge in [-0.15, -0.1) is 0 Å². The van der Waals surface area contributed by atoms with Gasteiger partial charge in [0, 0.05) is 11.1 Å². The first-order chi connectivity index (χ1) is 14.7. The molecule has 4 fully saturated rings. The Morgan fingerprint density at radius 2 is 1.94 bits per heavy atom. The van der Waals surface area contributed by atoms with Crippen molar-refractivity contribution in [1.29, 1.82) is 0 Å². The predicted molar refractivity (Wildman–Crippen MR) is 105 cm³/mol. The van der Waals surface area contributed by atoms with Crippen molar-refractivity contribution >= 4 is 7.82 Å². The molecule has 4 atom stereocenters. The summed E-state index contributed by atoms with van der Waals surface area (Å²) in [5.41, 5.74) is 0.671. The van der Waals surface area contributed by atoms with Crippen LogP contribution in [0.3, 0.4) is 0 Å². The van der Waals surface area contributed by atoms with E-state index >= 15 is 0 Å². The first kappa shape index (κ1) is 26.5. The van der Waals surface area contributed by atoms with Crippen molar-refractivity contribution in [3.05, 3.63) is 42.1 Å². The number of benzene rings is 1.